The Morgan fingerprint density at radius 3 is 2.63 bits per heavy atom. The third kappa shape index (κ3) is 4.17. The van der Waals surface area contributed by atoms with Crippen LogP contribution in [0.1, 0.15) is 26.3 Å². The van der Waals surface area contributed by atoms with E-state index in [1.807, 2.05) is 20.8 Å². The van der Waals surface area contributed by atoms with Crippen LogP contribution in [-0.4, -0.2) is 45.7 Å². The molecule has 1 aromatic heterocycles. The quantitative estimate of drug-likeness (QED) is 0.888. The summed E-state index contributed by atoms with van der Waals surface area (Å²) in [5.41, 5.74) is 0.606. The largest absolute Gasteiger partial charge is 0.444 e. The van der Waals surface area contributed by atoms with E-state index in [2.05, 4.69) is 15.3 Å². The fraction of sp³-hybridized carbons (Fsp3) is 0.615. The number of rotatable bonds is 3. The SMILES string of the molecule is CC(C)(C)OC(=O)N1CC(NCc2cncnc2)C1. The van der Waals surface area contributed by atoms with Gasteiger partial charge in [-0.25, -0.2) is 14.8 Å². The van der Waals surface area contributed by atoms with Crippen molar-refractivity contribution in [2.45, 2.75) is 39.0 Å². The number of carbonyl (C=O) groups excluding carboxylic acids is 1. The van der Waals surface area contributed by atoms with Crippen LogP contribution in [0.4, 0.5) is 4.79 Å². The summed E-state index contributed by atoms with van der Waals surface area (Å²) in [4.78, 5) is 21.3. The molecular weight excluding hydrogens is 244 g/mol. The molecular formula is C13H20N4O2. The van der Waals surface area contributed by atoms with E-state index in [1.165, 1.54) is 6.33 Å². The summed E-state index contributed by atoms with van der Waals surface area (Å²) in [7, 11) is 0. The van der Waals surface area contributed by atoms with Crippen molar-refractivity contribution >= 4 is 6.09 Å². The van der Waals surface area contributed by atoms with Crippen molar-refractivity contribution in [3.63, 3.8) is 0 Å². The third-order valence-corrected chi connectivity index (χ3v) is 2.74. The van der Waals surface area contributed by atoms with Gasteiger partial charge in [-0.2, -0.15) is 0 Å². The van der Waals surface area contributed by atoms with Crippen LogP contribution in [0.15, 0.2) is 18.7 Å². The highest BCUT2D eigenvalue weighted by atomic mass is 16.6. The summed E-state index contributed by atoms with van der Waals surface area (Å²) in [5.74, 6) is 0. The second-order valence-electron chi connectivity index (χ2n) is 5.71. The molecule has 1 saturated heterocycles. The summed E-state index contributed by atoms with van der Waals surface area (Å²) in [6.45, 7) is 7.69. The van der Waals surface area contributed by atoms with E-state index in [4.69, 9.17) is 4.74 Å². The van der Waals surface area contributed by atoms with Crippen molar-refractivity contribution < 1.29 is 9.53 Å². The van der Waals surface area contributed by atoms with Crippen LogP contribution in [-0.2, 0) is 11.3 Å². The highest BCUT2D eigenvalue weighted by Gasteiger charge is 2.33. The van der Waals surface area contributed by atoms with E-state index in [0.717, 1.165) is 5.56 Å². The van der Waals surface area contributed by atoms with Crippen LogP contribution in [0.5, 0.6) is 0 Å². The van der Waals surface area contributed by atoms with E-state index in [-0.39, 0.29) is 6.09 Å². The van der Waals surface area contributed by atoms with E-state index in [9.17, 15) is 4.79 Å². The molecule has 6 heteroatoms. The molecule has 0 spiro atoms. The molecule has 0 aromatic carbocycles. The maximum atomic E-state index is 11.7. The van der Waals surface area contributed by atoms with Gasteiger partial charge in [-0.15, -0.1) is 0 Å². The standard InChI is InChI=1S/C13H20N4O2/c1-13(2,3)19-12(18)17-7-11(8-17)16-6-10-4-14-9-15-5-10/h4-5,9,11,16H,6-8H2,1-3H3. The fourth-order valence-electron chi connectivity index (χ4n) is 1.77. The summed E-state index contributed by atoms with van der Waals surface area (Å²) in [6, 6.07) is 0.313. The molecule has 2 rings (SSSR count). The molecule has 1 amide bonds. The molecule has 104 valence electrons. The Kier molecular flexibility index (Phi) is 3.99. The van der Waals surface area contributed by atoms with Gasteiger partial charge in [0, 0.05) is 43.6 Å². The molecule has 0 saturated carbocycles. The average molecular weight is 264 g/mol. The number of hydrogen-bond acceptors (Lipinski definition) is 5. The van der Waals surface area contributed by atoms with Gasteiger partial charge in [-0.3, -0.25) is 0 Å². The molecule has 0 unspecified atom stereocenters. The summed E-state index contributed by atoms with van der Waals surface area (Å²) in [5, 5.41) is 3.35. The van der Waals surface area contributed by atoms with Gasteiger partial charge in [-0.05, 0) is 20.8 Å². The van der Waals surface area contributed by atoms with Crippen LogP contribution < -0.4 is 5.32 Å². The van der Waals surface area contributed by atoms with Crippen molar-refractivity contribution in [3.8, 4) is 0 Å². The molecule has 0 atom stereocenters. The second kappa shape index (κ2) is 5.52. The maximum absolute atomic E-state index is 11.7. The topological polar surface area (TPSA) is 67.3 Å². The number of carbonyl (C=O) groups is 1. The molecule has 0 aliphatic carbocycles. The van der Waals surface area contributed by atoms with Crippen molar-refractivity contribution in [3.05, 3.63) is 24.3 Å². The van der Waals surface area contributed by atoms with Crippen molar-refractivity contribution in [2.75, 3.05) is 13.1 Å². The van der Waals surface area contributed by atoms with Crippen LogP contribution in [0.3, 0.4) is 0 Å². The van der Waals surface area contributed by atoms with E-state index in [0.29, 0.717) is 25.7 Å². The smallest absolute Gasteiger partial charge is 0.410 e. The van der Waals surface area contributed by atoms with Gasteiger partial charge in [0.05, 0.1) is 0 Å². The molecule has 0 radical (unpaired) electrons. The highest BCUT2D eigenvalue weighted by Crippen LogP contribution is 2.15. The highest BCUT2D eigenvalue weighted by molar-refractivity contribution is 5.69. The van der Waals surface area contributed by atoms with Gasteiger partial charge in [-0.1, -0.05) is 0 Å². The molecule has 1 N–H and O–H groups in total. The van der Waals surface area contributed by atoms with Gasteiger partial charge in [0.1, 0.15) is 11.9 Å². The molecule has 1 fully saturated rings. The Hall–Kier alpha value is -1.69. The Balaban J connectivity index is 1.68. The normalized spacial score (nSPS) is 16.1. The molecule has 1 aliphatic rings. The number of ether oxygens (including phenoxy) is 1. The number of nitrogens with zero attached hydrogens (tertiary/aromatic N) is 3. The zero-order valence-corrected chi connectivity index (χ0v) is 11.6. The predicted octanol–water partition coefficient (Wildman–Crippen LogP) is 1.19. The minimum atomic E-state index is -0.434. The summed E-state index contributed by atoms with van der Waals surface area (Å²) in [6.07, 6.45) is 4.83. The molecule has 1 aromatic rings. The second-order valence-corrected chi connectivity index (χ2v) is 5.71. The van der Waals surface area contributed by atoms with Gasteiger partial charge >= 0.3 is 6.09 Å². The lowest BCUT2D eigenvalue weighted by Gasteiger charge is -2.40. The molecule has 0 bridgehead atoms. The maximum Gasteiger partial charge on any atom is 0.410 e. The molecule has 1 aliphatic heterocycles. The molecule has 6 nitrogen and oxygen atoms in total. The Morgan fingerprint density at radius 1 is 1.42 bits per heavy atom. The fourth-order valence-corrected chi connectivity index (χ4v) is 1.77. The molecule has 2 heterocycles. The van der Waals surface area contributed by atoms with E-state index < -0.39 is 5.60 Å². The first-order valence-electron chi connectivity index (χ1n) is 6.39. The van der Waals surface area contributed by atoms with E-state index in [1.54, 1.807) is 17.3 Å². The van der Waals surface area contributed by atoms with Crippen molar-refractivity contribution in [1.82, 2.24) is 20.2 Å². The monoisotopic (exact) mass is 264 g/mol. The lowest BCUT2D eigenvalue weighted by atomic mass is 10.1. The zero-order chi connectivity index (χ0) is 13.9. The third-order valence-electron chi connectivity index (χ3n) is 2.74. The van der Waals surface area contributed by atoms with Gasteiger partial charge in [0.25, 0.3) is 0 Å². The number of amides is 1. The van der Waals surface area contributed by atoms with Gasteiger partial charge < -0.3 is 15.0 Å². The lowest BCUT2D eigenvalue weighted by Crippen LogP contribution is -2.60. The van der Waals surface area contributed by atoms with E-state index >= 15 is 0 Å². The van der Waals surface area contributed by atoms with Crippen LogP contribution in [0, 0.1) is 0 Å². The Morgan fingerprint density at radius 2 is 2.05 bits per heavy atom. The number of hydrogen-bond donors (Lipinski definition) is 1. The first kappa shape index (κ1) is 13.7. The van der Waals surface area contributed by atoms with Crippen LogP contribution in [0.25, 0.3) is 0 Å². The van der Waals surface area contributed by atoms with Crippen LogP contribution >= 0.6 is 0 Å². The summed E-state index contributed by atoms with van der Waals surface area (Å²) >= 11 is 0. The Bertz CT molecular complexity index is 424. The van der Waals surface area contributed by atoms with Crippen molar-refractivity contribution in [1.29, 1.82) is 0 Å². The number of aromatic nitrogens is 2. The predicted molar refractivity (Wildman–Crippen MR) is 70.5 cm³/mol. The average Bonchev–Trinajstić information content (AvgIpc) is 2.25. The number of likely N-dealkylation sites (tertiary alicyclic amines) is 1. The Labute approximate surface area is 113 Å². The minimum absolute atomic E-state index is 0.242. The van der Waals surface area contributed by atoms with Crippen LogP contribution in [0.2, 0.25) is 0 Å². The first-order valence-corrected chi connectivity index (χ1v) is 6.39. The van der Waals surface area contributed by atoms with Gasteiger partial charge in [0.2, 0.25) is 0 Å². The summed E-state index contributed by atoms with van der Waals surface area (Å²) < 4.78 is 5.29. The van der Waals surface area contributed by atoms with Crippen molar-refractivity contribution in [2.24, 2.45) is 0 Å². The zero-order valence-electron chi connectivity index (χ0n) is 11.6. The van der Waals surface area contributed by atoms with Gasteiger partial charge in [0.15, 0.2) is 0 Å². The lowest BCUT2D eigenvalue weighted by molar-refractivity contribution is 0.00518. The number of nitrogens with one attached hydrogen (secondary N) is 1. The minimum Gasteiger partial charge on any atom is -0.444 e. The first-order chi connectivity index (χ1) is 8.94. The molecule has 19 heavy (non-hydrogen) atoms.